The third kappa shape index (κ3) is 6.07. The Bertz CT molecular complexity index is 1400. The van der Waals surface area contributed by atoms with Gasteiger partial charge < -0.3 is 26.0 Å². The van der Waals surface area contributed by atoms with E-state index in [2.05, 4.69) is 61.8 Å². The van der Waals surface area contributed by atoms with Crippen molar-refractivity contribution in [2.24, 2.45) is 0 Å². The summed E-state index contributed by atoms with van der Waals surface area (Å²) in [6.07, 6.45) is 1.24. The lowest BCUT2D eigenvalue weighted by Crippen LogP contribution is -2.33. The van der Waals surface area contributed by atoms with Crippen molar-refractivity contribution in [1.29, 1.82) is 0 Å². The minimum Gasteiger partial charge on any atom is -0.444 e. The molecule has 4 aromatic rings. The summed E-state index contributed by atoms with van der Waals surface area (Å²) in [4.78, 5) is 16.7. The first-order valence-corrected chi connectivity index (χ1v) is 13.3. The number of rotatable bonds is 7. The normalized spacial score (nSPS) is 12.8. The number of nitrogens with zero attached hydrogens (tertiary/aromatic N) is 4. The van der Waals surface area contributed by atoms with Crippen LogP contribution in [0.15, 0.2) is 42.5 Å². The third-order valence-electron chi connectivity index (χ3n) is 5.93. The molecule has 0 spiro atoms. The van der Waals surface area contributed by atoms with E-state index in [4.69, 9.17) is 9.72 Å². The molecule has 10 heteroatoms. The zero-order valence-corrected chi connectivity index (χ0v) is 23.1. The summed E-state index contributed by atoms with van der Waals surface area (Å²) in [5.74, 6) is 1.50. The van der Waals surface area contributed by atoms with E-state index in [1.165, 1.54) is 0 Å². The van der Waals surface area contributed by atoms with Crippen LogP contribution in [0.3, 0.4) is 0 Å². The van der Waals surface area contributed by atoms with Gasteiger partial charge in [0.1, 0.15) is 17.6 Å². The van der Waals surface area contributed by atoms with E-state index in [-0.39, 0.29) is 10.4 Å². The van der Waals surface area contributed by atoms with Gasteiger partial charge in [-0.1, -0.05) is 32.0 Å². The van der Waals surface area contributed by atoms with E-state index in [1.54, 1.807) is 0 Å². The molecule has 0 atom stereocenters. The highest BCUT2D eigenvalue weighted by Gasteiger charge is 2.22. The second kappa shape index (κ2) is 11.5. The number of nitrogens with one attached hydrogen (secondary N) is 4. The number of carbonyl (C=O) groups excluding carboxylic acids is 1. The number of fused-ring (bicyclic) bond motifs is 4. The van der Waals surface area contributed by atoms with Gasteiger partial charge in [-0.3, -0.25) is 4.40 Å². The van der Waals surface area contributed by atoms with Crippen molar-refractivity contribution in [2.45, 2.75) is 66.2 Å². The number of benzene rings is 2. The fraction of sp³-hybridized carbons (Fsp3) is 0.429. The molecule has 208 valence electrons. The van der Waals surface area contributed by atoms with E-state index in [1.807, 2.05) is 58.1 Å². The van der Waals surface area contributed by atoms with Gasteiger partial charge in [-0.2, -0.15) is 0 Å². The zero-order chi connectivity index (χ0) is 27.3. The molecule has 0 radical (unpaired) electrons. The van der Waals surface area contributed by atoms with Gasteiger partial charge in [0.05, 0.1) is 22.4 Å². The molecule has 0 saturated carbocycles. The Morgan fingerprint density at radius 3 is 2.42 bits per heavy atom. The number of alkyl carbamates (subject to hydrolysis) is 1. The van der Waals surface area contributed by atoms with Crippen molar-refractivity contribution >= 4 is 40.0 Å². The van der Waals surface area contributed by atoms with Crippen molar-refractivity contribution in [2.75, 3.05) is 29.0 Å². The topological polar surface area (TPSA) is 118 Å². The van der Waals surface area contributed by atoms with Gasteiger partial charge in [0, 0.05) is 17.4 Å². The van der Waals surface area contributed by atoms with Crippen LogP contribution in [0.2, 0.25) is 0 Å². The molecule has 0 bridgehead atoms. The molecule has 4 N–H and O–H groups in total. The Morgan fingerprint density at radius 2 is 1.74 bits per heavy atom. The lowest BCUT2D eigenvalue weighted by atomic mass is 10.1. The van der Waals surface area contributed by atoms with Crippen molar-refractivity contribution in [3.05, 3.63) is 53.9 Å². The SMILES string of the molecule is CC.Cc1nnc2c(NCCCCNC(=O)OC(C)(C)C)nc3cc(C4Nc5ccccc5N4)ccc3n12.[HH].[HH].[HH]. The van der Waals surface area contributed by atoms with Crippen LogP contribution in [0.5, 0.6) is 0 Å². The number of amides is 1. The van der Waals surface area contributed by atoms with Crippen molar-refractivity contribution < 1.29 is 13.8 Å². The van der Waals surface area contributed by atoms with Crippen LogP contribution in [-0.4, -0.2) is 44.4 Å². The predicted octanol–water partition coefficient (Wildman–Crippen LogP) is 6.60. The summed E-state index contributed by atoms with van der Waals surface area (Å²) in [5.41, 5.74) is 5.28. The van der Waals surface area contributed by atoms with E-state index in [0.29, 0.717) is 24.6 Å². The number of hydrogen-bond acceptors (Lipinski definition) is 8. The second-order valence-electron chi connectivity index (χ2n) is 9.94. The average molecular weight is 525 g/mol. The highest BCUT2D eigenvalue weighted by atomic mass is 16.6. The van der Waals surface area contributed by atoms with Crippen LogP contribution in [-0.2, 0) is 4.74 Å². The molecule has 2 aromatic carbocycles. The largest absolute Gasteiger partial charge is 0.444 e. The monoisotopic (exact) mass is 524 g/mol. The number of carbonyl (C=O) groups is 1. The standard InChI is InChI=1S/C26H32N8O2.C2H6.3H2/c1-16-32-33-24-23(27-13-7-8-14-28-25(35)36-26(2,3)4)31-20-15-17(11-12-21(20)34(16)24)22-29-18-9-5-6-10-19(18)30-22;1-2;;;/h5-6,9-12,15,22,29-30H,7-8,13-14H2,1-4H3,(H,27,31)(H,28,35);1-2H3;3*1H. The molecule has 0 fully saturated rings. The van der Waals surface area contributed by atoms with Crippen molar-refractivity contribution in [3.63, 3.8) is 0 Å². The highest BCUT2D eigenvalue weighted by Crippen LogP contribution is 2.35. The first-order valence-electron chi connectivity index (χ1n) is 13.3. The molecule has 0 saturated heterocycles. The number of unbranched alkanes of at least 4 members (excludes halogenated alkanes) is 1. The molecule has 1 aliphatic rings. The highest BCUT2D eigenvalue weighted by molar-refractivity contribution is 5.84. The molecule has 0 aliphatic carbocycles. The summed E-state index contributed by atoms with van der Waals surface area (Å²) < 4.78 is 7.30. The molecular weight excluding hydrogens is 480 g/mol. The number of ether oxygens (including phenoxy) is 1. The minimum absolute atomic E-state index is 0. The predicted molar refractivity (Wildman–Crippen MR) is 159 cm³/mol. The average Bonchev–Trinajstić information content (AvgIpc) is 3.50. The second-order valence-corrected chi connectivity index (χ2v) is 9.94. The van der Waals surface area contributed by atoms with Gasteiger partial charge in [0.25, 0.3) is 0 Å². The summed E-state index contributed by atoms with van der Waals surface area (Å²) in [5, 5.41) is 21.9. The molecule has 1 amide bonds. The Balaban J connectivity index is 0.00000165. The van der Waals surface area contributed by atoms with Gasteiger partial charge in [-0.15, -0.1) is 10.2 Å². The van der Waals surface area contributed by atoms with Gasteiger partial charge >= 0.3 is 6.09 Å². The maximum atomic E-state index is 11.8. The third-order valence-corrected chi connectivity index (χ3v) is 5.93. The molecule has 0 unspecified atom stereocenters. The summed E-state index contributed by atoms with van der Waals surface area (Å²) in [6, 6.07) is 14.4. The fourth-order valence-electron chi connectivity index (χ4n) is 4.30. The molecular formula is C28H44N8O2. The van der Waals surface area contributed by atoms with Crippen molar-refractivity contribution in [1.82, 2.24) is 24.9 Å². The van der Waals surface area contributed by atoms with E-state index in [0.717, 1.165) is 46.6 Å². The molecule has 5 rings (SSSR count). The Labute approximate surface area is 228 Å². The van der Waals surface area contributed by atoms with Gasteiger partial charge in [0.2, 0.25) is 5.65 Å². The van der Waals surface area contributed by atoms with Crippen molar-refractivity contribution in [3.8, 4) is 0 Å². The number of aromatic nitrogens is 4. The lowest BCUT2D eigenvalue weighted by Gasteiger charge is -2.19. The van der Waals surface area contributed by atoms with Crippen LogP contribution in [0.25, 0.3) is 16.7 Å². The Hall–Kier alpha value is -4.08. The van der Waals surface area contributed by atoms with Crippen LogP contribution in [0, 0.1) is 6.92 Å². The Kier molecular flexibility index (Phi) is 8.19. The maximum Gasteiger partial charge on any atom is 0.407 e. The van der Waals surface area contributed by atoms with Gasteiger partial charge in [-0.25, -0.2) is 9.78 Å². The summed E-state index contributed by atoms with van der Waals surface area (Å²) >= 11 is 0. The number of para-hydroxylation sites is 2. The number of hydrogen-bond donors (Lipinski definition) is 4. The first-order chi connectivity index (χ1) is 18.3. The molecule has 1 aliphatic heterocycles. The van der Waals surface area contributed by atoms with Crippen LogP contribution in [0.1, 0.15) is 69.3 Å². The van der Waals surface area contributed by atoms with Crippen LogP contribution < -0.4 is 21.3 Å². The van der Waals surface area contributed by atoms with Crippen LogP contribution >= 0.6 is 0 Å². The summed E-state index contributed by atoms with van der Waals surface area (Å²) in [6.45, 7) is 12.7. The Morgan fingerprint density at radius 1 is 1.05 bits per heavy atom. The van der Waals surface area contributed by atoms with Gasteiger partial charge in [-0.05, 0) is 70.4 Å². The van der Waals surface area contributed by atoms with E-state index in [9.17, 15) is 4.79 Å². The number of anilines is 3. The molecule has 10 nitrogen and oxygen atoms in total. The zero-order valence-electron chi connectivity index (χ0n) is 23.1. The van der Waals surface area contributed by atoms with E-state index >= 15 is 0 Å². The smallest absolute Gasteiger partial charge is 0.407 e. The van der Waals surface area contributed by atoms with Crippen LogP contribution in [0.4, 0.5) is 22.0 Å². The number of aryl methyl sites for hydroxylation is 1. The lowest BCUT2D eigenvalue weighted by molar-refractivity contribution is 0.0527. The van der Waals surface area contributed by atoms with E-state index < -0.39 is 11.7 Å². The minimum atomic E-state index is -0.497. The molecule has 38 heavy (non-hydrogen) atoms. The maximum absolute atomic E-state index is 11.8. The fourth-order valence-corrected chi connectivity index (χ4v) is 4.30. The first kappa shape index (κ1) is 27.0. The summed E-state index contributed by atoms with van der Waals surface area (Å²) in [7, 11) is 0. The molecule has 3 heterocycles. The quantitative estimate of drug-likeness (QED) is 0.200. The molecule has 2 aromatic heterocycles. The van der Waals surface area contributed by atoms with Gasteiger partial charge in [0.15, 0.2) is 5.82 Å².